The van der Waals surface area contributed by atoms with E-state index in [0.717, 1.165) is 114 Å². The first-order valence-electron chi connectivity index (χ1n) is 44.2. The average Bonchev–Trinajstić information content (AvgIpc) is 0.913. The third kappa shape index (κ3) is 78.5. The molecular formula is C86H168O17P2. The minimum Gasteiger partial charge on any atom is -0.462 e. The predicted octanol–water partition coefficient (Wildman–Crippen LogP) is 25.9. The van der Waals surface area contributed by atoms with Crippen LogP contribution in [-0.4, -0.2) is 96.7 Å². The third-order valence-electron chi connectivity index (χ3n) is 20.4. The van der Waals surface area contributed by atoms with Crippen LogP contribution in [0.4, 0.5) is 0 Å². The van der Waals surface area contributed by atoms with Crippen molar-refractivity contribution >= 4 is 39.5 Å². The monoisotopic (exact) mass is 1540 g/mol. The van der Waals surface area contributed by atoms with Crippen molar-refractivity contribution in [1.29, 1.82) is 0 Å². The van der Waals surface area contributed by atoms with Crippen LogP contribution >= 0.6 is 15.6 Å². The number of aliphatic hydroxyl groups is 1. The Kier molecular flexibility index (Phi) is 73.4. The Labute approximate surface area is 645 Å². The number of hydrogen-bond acceptors (Lipinski definition) is 15. The minimum atomic E-state index is -4.97. The Hall–Kier alpha value is -1.94. The molecule has 0 heterocycles. The second-order valence-corrected chi connectivity index (χ2v) is 35.5. The summed E-state index contributed by atoms with van der Waals surface area (Å²) in [4.78, 5) is 73.2. The van der Waals surface area contributed by atoms with E-state index in [2.05, 4.69) is 55.4 Å². The smallest absolute Gasteiger partial charge is 0.462 e. The highest BCUT2D eigenvalue weighted by molar-refractivity contribution is 7.47. The molecule has 0 spiro atoms. The molecule has 105 heavy (non-hydrogen) atoms. The predicted molar refractivity (Wildman–Crippen MR) is 432 cm³/mol. The van der Waals surface area contributed by atoms with E-state index in [4.69, 9.17) is 37.0 Å². The summed E-state index contributed by atoms with van der Waals surface area (Å²) >= 11 is 0. The maximum atomic E-state index is 13.1. The molecule has 0 aromatic heterocycles. The molecule has 0 saturated heterocycles. The molecule has 0 aromatic carbocycles. The largest absolute Gasteiger partial charge is 0.472 e. The number of phosphoric ester groups is 2. The maximum absolute atomic E-state index is 13.1. The highest BCUT2D eigenvalue weighted by Crippen LogP contribution is 2.45. The molecule has 0 fully saturated rings. The number of phosphoric acid groups is 2. The third-order valence-corrected chi connectivity index (χ3v) is 22.3. The van der Waals surface area contributed by atoms with Crippen LogP contribution in [0, 0.1) is 23.7 Å². The zero-order valence-electron chi connectivity index (χ0n) is 69.4. The summed E-state index contributed by atoms with van der Waals surface area (Å²) in [5.74, 6) is 1.03. The quantitative estimate of drug-likeness (QED) is 0.0222. The van der Waals surface area contributed by atoms with Gasteiger partial charge in [-0.1, -0.05) is 396 Å². The van der Waals surface area contributed by atoms with Crippen molar-refractivity contribution in [1.82, 2.24) is 0 Å². The molecule has 0 amide bonds. The van der Waals surface area contributed by atoms with Gasteiger partial charge in [0.15, 0.2) is 12.2 Å². The summed E-state index contributed by atoms with van der Waals surface area (Å²) < 4.78 is 68.8. The Morgan fingerprint density at radius 2 is 0.457 bits per heavy atom. The molecule has 0 aliphatic carbocycles. The van der Waals surface area contributed by atoms with Gasteiger partial charge in [-0.2, -0.15) is 0 Å². The van der Waals surface area contributed by atoms with Gasteiger partial charge in [-0.25, -0.2) is 9.13 Å². The van der Waals surface area contributed by atoms with Gasteiger partial charge in [0.25, 0.3) is 0 Å². The number of aliphatic hydroxyl groups excluding tert-OH is 1. The SMILES string of the molecule is CCC(C)CCCCCCCCCCCCCCCCCCCCC(=O)O[C@H](COC(=O)CCCCCCCCC(C)C)COP(=O)(O)OC[C@H](O)COP(=O)(O)OC[C@@H](COC(=O)CCCCCCCCCCCCCCCCC(C)C)OC(=O)CCCCCCCCCCCCCCCCC(C)C. The number of hydrogen-bond donors (Lipinski definition) is 3. The zero-order chi connectivity index (χ0) is 77.4. The van der Waals surface area contributed by atoms with Crippen LogP contribution < -0.4 is 0 Å². The molecule has 0 aliphatic rings. The topological polar surface area (TPSA) is 237 Å². The average molecular weight is 1540 g/mol. The first kappa shape index (κ1) is 103. The molecule has 0 radical (unpaired) electrons. The van der Waals surface area contributed by atoms with Gasteiger partial charge >= 0.3 is 39.5 Å². The highest BCUT2D eigenvalue weighted by Gasteiger charge is 2.31. The lowest BCUT2D eigenvalue weighted by Gasteiger charge is -2.21. The van der Waals surface area contributed by atoms with Gasteiger partial charge in [-0.3, -0.25) is 37.3 Å². The number of unbranched alkanes of at least 4 members (excludes halogenated alkanes) is 48. The molecule has 0 saturated carbocycles. The van der Waals surface area contributed by atoms with E-state index in [-0.39, 0.29) is 25.7 Å². The van der Waals surface area contributed by atoms with Crippen LogP contribution in [0.15, 0.2) is 0 Å². The lowest BCUT2D eigenvalue weighted by molar-refractivity contribution is -0.161. The standard InChI is InChI=1S/C86H168O17P2/c1-9-79(8)65-57-49-40-34-28-22-14-12-10-11-13-15-24-30-36-42-52-60-69-86(91)103-82(73-97-84(89)67-59-51-45-44-48-56-64-78(6)7)75-101-105(94,95)99-71-80(87)70-98-104(92,93)100-74-81(102-85(90)68-61-53-43-37-31-25-19-17-21-27-33-39-47-55-63-77(4)5)72-96-83(88)66-58-50-41-35-29-23-18-16-20-26-32-38-46-54-62-76(2)3/h76-82,87H,9-75H2,1-8H3,(H,92,93)(H,94,95)/t79?,80-,81-,82-/m1/s1. The van der Waals surface area contributed by atoms with Crippen molar-refractivity contribution in [2.24, 2.45) is 23.7 Å². The van der Waals surface area contributed by atoms with Crippen LogP contribution in [-0.2, 0) is 65.4 Å². The molecular weight excluding hydrogens is 1370 g/mol. The molecule has 17 nitrogen and oxygen atoms in total. The van der Waals surface area contributed by atoms with Gasteiger partial charge in [-0.05, 0) is 49.4 Å². The Morgan fingerprint density at radius 3 is 0.676 bits per heavy atom. The first-order valence-corrected chi connectivity index (χ1v) is 47.2. The molecule has 0 aromatic rings. The maximum Gasteiger partial charge on any atom is 0.472 e. The number of rotatable bonds is 83. The molecule has 0 aliphatic heterocycles. The van der Waals surface area contributed by atoms with Gasteiger partial charge in [0.05, 0.1) is 26.4 Å². The van der Waals surface area contributed by atoms with Crippen molar-refractivity contribution in [3.63, 3.8) is 0 Å². The van der Waals surface area contributed by atoms with Crippen molar-refractivity contribution in [2.75, 3.05) is 39.6 Å². The van der Waals surface area contributed by atoms with Crippen molar-refractivity contribution in [3.8, 4) is 0 Å². The van der Waals surface area contributed by atoms with Gasteiger partial charge < -0.3 is 33.8 Å². The molecule has 6 atom stereocenters. The van der Waals surface area contributed by atoms with Gasteiger partial charge in [0.1, 0.15) is 19.3 Å². The normalized spacial score (nSPS) is 14.2. The van der Waals surface area contributed by atoms with E-state index < -0.39 is 97.5 Å². The van der Waals surface area contributed by atoms with Gasteiger partial charge in [0.2, 0.25) is 0 Å². The lowest BCUT2D eigenvalue weighted by atomic mass is 9.99. The zero-order valence-corrected chi connectivity index (χ0v) is 71.2. The number of esters is 4. The van der Waals surface area contributed by atoms with Crippen LogP contribution in [0.25, 0.3) is 0 Å². The van der Waals surface area contributed by atoms with Crippen molar-refractivity contribution < 1.29 is 80.2 Å². The number of ether oxygens (including phenoxy) is 4. The van der Waals surface area contributed by atoms with Crippen molar-refractivity contribution in [2.45, 2.75) is 465 Å². The first-order chi connectivity index (χ1) is 50.6. The van der Waals surface area contributed by atoms with Gasteiger partial charge in [0, 0.05) is 25.7 Å². The second-order valence-electron chi connectivity index (χ2n) is 32.6. The molecule has 19 heteroatoms. The summed E-state index contributed by atoms with van der Waals surface area (Å²) in [6, 6.07) is 0. The molecule has 624 valence electrons. The highest BCUT2D eigenvalue weighted by atomic mass is 31.2. The lowest BCUT2D eigenvalue weighted by Crippen LogP contribution is -2.30. The van der Waals surface area contributed by atoms with E-state index in [1.807, 2.05) is 0 Å². The molecule has 3 unspecified atom stereocenters. The fourth-order valence-corrected chi connectivity index (χ4v) is 14.9. The van der Waals surface area contributed by atoms with Gasteiger partial charge in [-0.15, -0.1) is 0 Å². The molecule has 0 bridgehead atoms. The summed E-state index contributed by atoms with van der Waals surface area (Å²) in [5, 5.41) is 10.7. The van der Waals surface area contributed by atoms with Crippen LogP contribution in [0.5, 0.6) is 0 Å². The van der Waals surface area contributed by atoms with E-state index in [1.165, 1.54) is 244 Å². The van der Waals surface area contributed by atoms with Crippen molar-refractivity contribution in [3.05, 3.63) is 0 Å². The summed E-state index contributed by atoms with van der Waals surface area (Å²) in [5.41, 5.74) is 0. The van der Waals surface area contributed by atoms with E-state index in [9.17, 15) is 43.2 Å². The summed E-state index contributed by atoms with van der Waals surface area (Å²) in [7, 11) is -9.93. The fourth-order valence-electron chi connectivity index (χ4n) is 13.3. The number of carbonyl (C=O) groups excluding carboxylic acids is 4. The molecule has 3 N–H and O–H groups in total. The second kappa shape index (κ2) is 74.8. The van der Waals surface area contributed by atoms with E-state index in [1.54, 1.807) is 0 Å². The van der Waals surface area contributed by atoms with Crippen LogP contribution in [0.1, 0.15) is 447 Å². The molecule has 0 rings (SSSR count). The Morgan fingerprint density at radius 1 is 0.267 bits per heavy atom. The van der Waals surface area contributed by atoms with Crippen LogP contribution in [0.2, 0.25) is 0 Å². The number of carbonyl (C=O) groups is 4. The van der Waals surface area contributed by atoms with Crippen LogP contribution in [0.3, 0.4) is 0 Å². The van der Waals surface area contributed by atoms with E-state index >= 15 is 0 Å². The van der Waals surface area contributed by atoms with E-state index in [0.29, 0.717) is 31.6 Å². The minimum absolute atomic E-state index is 0.107. The fraction of sp³-hybridized carbons (Fsp3) is 0.953. The summed E-state index contributed by atoms with van der Waals surface area (Å²) in [6.45, 7) is 14.3. The Bertz CT molecular complexity index is 2040. The summed E-state index contributed by atoms with van der Waals surface area (Å²) in [6.07, 6.45) is 64.0. The Balaban J connectivity index is 5.19.